The van der Waals surface area contributed by atoms with Gasteiger partial charge in [-0.2, -0.15) is 0 Å². The molecule has 0 radical (unpaired) electrons. The average molecular weight is 363 g/mol. The standard InChI is InChI=1S/C23H25NO3/c1-16-11-12-20(15-17(16)2)27-18(3)23(25)24-13-14-26-22-10-6-8-19-7-4-5-9-21(19)22/h4-12,15,18H,13-14H2,1-3H3,(H,24,25). The van der Waals surface area contributed by atoms with Crippen molar-refractivity contribution in [2.24, 2.45) is 0 Å². The van der Waals surface area contributed by atoms with Crippen LogP contribution in [-0.2, 0) is 4.79 Å². The molecule has 1 unspecified atom stereocenters. The number of ether oxygens (including phenoxy) is 2. The lowest BCUT2D eigenvalue weighted by molar-refractivity contribution is -0.127. The molecule has 4 nitrogen and oxygen atoms in total. The molecule has 0 aliphatic heterocycles. The molecular weight excluding hydrogens is 338 g/mol. The Balaban J connectivity index is 1.48. The first kappa shape index (κ1) is 18.8. The summed E-state index contributed by atoms with van der Waals surface area (Å²) in [5.41, 5.74) is 2.34. The Labute approximate surface area is 160 Å². The number of benzene rings is 3. The predicted octanol–water partition coefficient (Wildman–Crippen LogP) is 4.42. The van der Waals surface area contributed by atoms with Gasteiger partial charge in [0.2, 0.25) is 0 Å². The largest absolute Gasteiger partial charge is 0.491 e. The molecule has 0 spiro atoms. The minimum atomic E-state index is -0.565. The van der Waals surface area contributed by atoms with Crippen molar-refractivity contribution < 1.29 is 14.3 Å². The van der Waals surface area contributed by atoms with Gasteiger partial charge in [-0.05, 0) is 55.5 Å². The molecule has 1 N–H and O–H groups in total. The summed E-state index contributed by atoms with van der Waals surface area (Å²) in [5, 5.41) is 5.06. The molecule has 0 bridgehead atoms. The van der Waals surface area contributed by atoms with Gasteiger partial charge in [0.15, 0.2) is 6.10 Å². The van der Waals surface area contributed by atoms with Gasteiger partial charge in [0.1, 0.15) is 18.1 Å². The first-order valence-electron chi connectivity index (χ1n) is 9.17. The molecule has 0 saturated carbocycles. The van der Waals surface area contributed by atoms with Crippen molar-refractivity contribution in [2.45, 2.75) is 26.9 Å². The van der Waals surface area contributed by atoms with Crippen molar-refractivity contribution in [3.63, 3.8) is 0 Å². The highest BCUT2D eigenvalue weighted by atomic mass is 16.5. The smallest absolute Gasteiger partial charge is 0.260 e. The SMILES string of the molecule is Cc1ccc(OC(C)C(=O)NCCOc2cccc3ccccc23)cc1C. The number of rotatable bonds is 7. The van der Waals surface area contributed by atoms with Crippen LogP contribution in [0.25, 0.3) is 10.8 Å². The van der Waals surface area contributed by atoms with Gasteiger partial charge in [-0.1, -0.05) is 42.5 Å². The van der Waals surface area contributed by atoms with E-state index in [0.717, 1.165) is 22.1 Å². The quantitative estimate of drug-likeness (QED) is 0.632. The topological polar surface area (TPSA) is 47.6 Å². The molecule has 0 aliphatic rings. The predicted molar refractivity (Wildman–Crippen MR) is 108 cm³/mol. The first-order valence-corrected chi connectivity index (χ1v) is 9.17. The summed E-state index contributed by atoms with van der Waals surface area (Å²) in [6, 6.07) is 19.9. The van der Waals surface area contributed by atoms with Crippen molar-refractivity contribution in [1.82, 2.24) is 5.32 Å². The summed E-state index contributed by atoms with van der Waals surface area (Å²) in [5.74, 6) is 1.37. The van der Waals surface area contributed by atoms with Crippen LogP contribution >= 0.6 is 0 Å². The lowest BCUT2D eigenvalue weighted by atomic mass is 10.1. The minimum Gasteiger partial charge on any atom is -0.491 e. The summed E-state index contributed by atoms with van der Waals surface area (Å²) in [4.78, 5) is 12.2. The Morgan fingerprint density at radius 2 is 1.78 bits per heavy atom. The fraction of sp³-hybridized carbons (Fsp3) is 0.261. The Morgan fingerprint density at radius 3 is 2.59 bits per heavy atom. The average Bonchev–Trinajstić information content (AvgIpc) is 2.68. The second-order valence-electron chi connectivity index (χ2n) is 6.62. The molecule has 1 atom stereocenters. The summed E-state index contributed by atoms with van der Waals surface area (Å²) in [7, 11) is 0. The van der Waals surface area contributed by atoms with E-state index in [1.165, 1.54) is 5.56 Å². The van der Waals surface area contributed by atoms with Gasteiger partial charge in [0.25, 0.3) is 5.91 Å². The van der Waals surface area contributed by atoms with E-state index < -0.39 is 6.10 Å². The maximum Gasteiger partial charge on any atom is 0.260 e. The first-order chi connectivity index (χ1) is 13.0. The van der Waals surface area contributed by atoms with Gasteiger partial charge >= 0.3 is 0 Å². The van der Waals surface area contributed by atoms with Gasteiger partial charge in [-0.3, -0.25) is 4.79 Å². The van der Waals surface area contributed by atoms with Crippen molar-refractivity contribution in [2.75, 3.05) is 13.2 Å². The summed E-state index contributed by atoms with van der Waals surface area (Å²) >= 11 is 0. The fourth-order valence-electron chi connectivity index (χ4n) is 2.85. The van der Waals surface area contributed by atoms with E-state index in [2.05, 4.69) is 17.4 Å². The molecule has 0 heterocycles. The highest BCUT2D eigenvalue weighted by Gasteiger charge is 2.14. The number of nitrogens with one attached hydrogen (secondary N) is 1. The zero-order valence-electron chi connectivity index (χ0n) is 16.0. The number of carbonyl (C=O) groups excluding carboxylic acids is 1. The van der Waals surface area contributed by atoms with Gasteiger partial charge in [0.05, 0.1) is 6.54 Å². The van der Waals surface area contributed by atoms with Crippen molar-refractivity contribution in [3.05, 3.63) is 71.8 Å². The Morgan fingerprint density at radius 1 is 1.00 bits per heavy atom. The van der Waals surface area contributed by atoms with Crippen LogP contribution < -0.4 is 14.8 Å². The van der Waals surface area contributed by atoms with Crippen LogP contribution in [0, 0.1) is 13.8 Å². The highest BCUT2D eigenvalue weighted by molar-refractivity contribution is 5.88. The molecular formula is C23H25NO3. The molecule has 140 valence electrons. The van der Waals surface area contributed by atoms with Crippen LogP contribution in [0.2, 0.25) is 0 Å². The van der Waals surface area contributed by atoms with E-state index in [9.17, 15) is 4.79 Å². The van der Waals surface area contributed by atoms with Gasteiger partial charge < -0.3 is 14.8 Å². The molecule has 3 rings (SSSR count). The second-order valence-corrected chi connectivity index (χ2v) is 6.62. The Kier molecular flexibility index (Phi) is 5.97. The van der Waals surface area contributed by atoms with E-state index in [0.29, 0.717) is 18.9 Å². The number of aryl methyl sites for hydroxylation is 2. The fourth-order valence-corrected chi connectivity index (χ4v) is 2.85. The number of hydrogen-bond acceptors (Lipinski definition) is 3. The molecule has 0 aromatic heterocycles. The molecule has 3 aromatic carbocycles. The number of hydrogen-bond donors (Lipinski definition) is 1. The van der Waals surface area contributed by atoms with Gasteiger partial charge in [-0.15, -0.1) is 0 Å². The highest BCUT2D eigenvalue weighted by Crippen LogP contribution is 2.24. The third kappa shape index (κ3) is 4.79. The van der Waals surface area contributed by atoms with Crippen LogP contribution in [0.4, 0.5) is 0 Å². The molecule has 4 heteroatoms. The van der Waals surface area contributed by atoms with Crippen molar-refractivity contribution >= 4 is 16.7 Å². The van der Waals surface area contributed by atoms with Crippen LogP contribution in [0.15, 0.2) is 60.7 Å². The third-order valence-electron chi connectivity index (χ3n) is 4.57. The molecule has 1 amide bonds. The Hall–Kier alpha value is -3.01. The monoisotopic (exact) mass is 363 g/mol. The van der Waals surface area contributed by atoms with Crippen LogP contribution in [-0.4, -0.2) is 25.2 Å². The minimum absolute atomic E-state index is 0.158. The molecule has 0 saturated heterocycles. The number of fused-ring (bicyclic) bond motifs is 1. The van der Waals surface area contributed by atoms with Gasteiger partial charge in [0, 0.05) is 5.39 Å². The van der Waals surface area contributed by atoms with Crippen LogP contribution in [0.1, 0.15) is 18.1 Å². The zero-order chi connectivity index (χ0) is 19.2. The van der Waals surface area contributed by atoms with E-state index in [1.807, 2.05) is 62.4 Å². The van der Waals surface area contributed by atoms with Crippen molar-refractivity contribution in [3.8, 4) is 11.5 Å². The summed E-state index contributed by atoms with van der Waals surface area (Å²) in [6.45, 7) is 6.64. The van der Waals surface area contributed by atoms with E-state index in [-0.39, 0.29) is 5.91 Å². The second kappa shape index (κ2) is 8.58. The van der Waals surface area contributed by atoms with Crippen LogP contribution in [0.5, 0.6) is 11.5 Å². The molecule has 27 heavy (non-hydrogen) atoms. The normalized spacial score (nSPS) is 11.8. The summed E-state index contributed by atoms with van der Waals surface area (Å²) < 4.78 is 11.6. The van der Waals surface area contributed by atoms with Crippen molar-refractivity contribution in [1.29, 1.82) is 0 Å². The third-order valence-corrected chi connectivity index (χ3v) is 4.57. The maximum atomic E-state index is 12.2. The number of amides is 1. The van der Waals surface area contributed by atoms with Crippen LogP contribution in [0.3, 0.4) is 0 Å². The summed E-state index contributed by atoms with van der Waals surface area (Å²) in [6.07, 6.45) is -0.565. The van der Waals surface area contributed by atoms with Gasteiger partial charge in [-0.25, -0.2) is 0 Å². The lowest BCUT2D eigenvalue weighted by Crippen LogP contribution is -2.38. The number of carbonyl (C=O) groups is 1. The zero-order valence-corrected chi connectivity index (χ0v) is 16.0. The maximum absolute atomic E-state index is 12.2. The van der Waals surface area contributed by atoms with E-state index in [1.54, 1.807) is 6.92 Å². The molecule has 0 aliphatic carbocycles. The molecule has 0 fully saturated rings. The van der Waals surface area contributed by atoms with E-state index in [4.69, 9.17) is 9.47 Å². The lowest BCUT2D eigenvalue weighted by Gasteiger charge is -2.16. The molecule has 3 aromatic rings. The van der Waals surface area contributed by atoms with E-state index >= 15 is 0 Å². The Bertz CT molecular complexity index is 931.